The number of nitrogens with two attached hydrogens (primary N) is 1. The van der Waals surface area contributed by atoms with Gasteiger partial charge >= 0.3 is 0 Å². The molecule has 5 N–H and O–H groups in total. The summed E-state index contributed by atoms with van der Waals surface area (Å²) < 4.78 is 0. The summed E-state index contributed by atoms with van der Waals surface area (Å²) in [6.45, 7) is 2.71. The molecule has 1 amide bonds. The number of nitrogen functional groups attached to an aromatic ring is 1. The predicted molar refractivity (Wildman–Crippen MR) is 65.6 cm³/mol. The van der Waals surface area contributed by atoms with E-state index in [4.69, 9.17) is 15.9 Å². The number of aliphatic hydroxyl groups excluding tert-OH is 2. The zero-order valence-corrected chi connectivity index (χ0v) is 10.0. The van der Waals surface area contributed by atoms with Gasteiger partial charge in [-0.1, -0.05) is 0 Å². The van der Waals surface area contributed by atoms with Gasteiger partial charge in [-0.15, -0.1) is 0 Å². The number of benzene rings is 1. The summed E-state index contributed by atoms with van der Waals surface area (Å²) in [7, 11) is 0. The van der Waals surface area contributed by atoms with E-state index < -0.39 is 5.54 Å². The summed E-state index contributed by atoms with van der Waals surface area (Å²) in [6.07, 6.45) is 0. The van der Waals surface area contributed by atoms with Crippen molar-refractivity contribution >= 4 is 11.6 Å². The number of carbonyl (C=O) groups excluding carboxylic acids is 1. The van der Waals surface area contributed by atoms with Gasteiger partial charge in [0.2, 0.25) is 0 Å². The summed E-state index contributed by atoms with van der Waals surface area (Å²) in [5.74, 6) is -0.348. The second-order valence-corrected chi connectivity index (χ2v) is 4.40. The molecule has 0 aliphatic carbocycles. The third-order valence-corrected chi connectivity index (χ3v) is 2.65. The zero-order valence-electron chi connectivity index (χ0n) is 10.0. The molecule has 0 heterocycles. The van der Waals surface area contributed by atoms with Crippen LogP contribution in [0.1, 0.15) is 22.8 Å². The molecule has 1 rings (SSSR count). The van der Waals surface area contributed by atoms with Crippen LogP contribution in [0.3, 0.4) is 0 Å². The molecule has 5 heteroatoms. The van der Waals surface area contributed by atoms with Crippen molar-refractivity contribution in [2.45, 2.75) is 19.4 Å². The topological polar surface area (TPSA) is 95.6 Å². The lowest BCUT2D eigenvalue weighted by Crippen LogP contribution is -2.51. The molecule has 0 spiro atoms. The fraction of sp³-hybridized carbons (Fsp3) is 0.417. The quantitative estimate of drug-likeness (QED) is 0.557. The Labute approximate surface area is 100 Å². The monoisotopic (exact) mass is 238 g/mol. The number of carbonyl (C=O) groups is 1. The normalized spacial score (nSPS) is 11.3. The molecule has 0 aliphatic heterocycles. The number of amides is 1. The number of anilines is 1. The van der Waals surface area contributed by atoms with Crippen LogP contribution < -0.4 is 11.1 Å². The second kappa shape index (κ2) is 5.16. The first-order chi connectivity index (χ1) is 7.91. The summed E-state index contributed by atoms with van der Waals surface area (Å²) in [6, 6.07) is 4.92. The maximum Gasteiger partial charge on any atom is 0.251 e. The van der Waals surface area contributed by atoms with Crippen molar-refractivity contribution in [3.8, 4) is 0 Å². The lowest BCUT2D eigenvalue weighted by Gasteiger charge is -2.26. The summed E-state index contributed by atoms with van der Waals surface area (Å²) in [5, 5.41) is 20.7. The Bertz CT molecular complexity index is 414. The molecule has 94 valence electrons. The number of aryl methyl sites for hydroxylation is 1. The maximum absolute atomic E-state index is 11.9. The molecular formula is C12H18N2O3. The number of hydrogen-bond donors (Lipinski definition) is 4. The Morgan fingerprint density at radius 2 is 2.00 bits per heavy atom. The highest BCUT2D eigenvalue weighted by Gasteiger charge is 2.25. The van der Waals surface area contributed by atoms with E-state index in [-0.39, 0.29) is 19.1 Å². The number of rotatable bonds is 4. The molecule has 0 bridgehead atoms. The minimum atomic E-state index is -1.02. The van der Waals surface area contributed by atoms with Gasteiger partial charge < -0.3 is 21.3 Å². The third-order valence-electron chi connectivity index (χ3n) is 2.65. The van der Waals surface area contributed by atoms with E-state index in [9.17, 15) is 4.79 Å². The van der Waals surface area contributed by atoms with Crippen molar-refractivity contribution in [2.75, 3.05) is 18.9 Å². The fourth-order valence-corrected chi connectivity index (χ4v) is 1.29. The molecule has 5 nitrogen and oxygen atoms in total. The summed E-state index contributed by atoms with van der Waals surface area (Å²) in [5.41, 5.74) is 6.52. The van der Waals surface area contributed by atoms with Crippen molar-refractivity contribution in [1.82, 2.24) is 5.32 Å². The van der Waals surface area contributed by atoms with Gasteiger partial charge in [0.1, 0.15) is 0 Å². The van der Waals surface area contributed by atoms with Gasteiger partial charge in [0, 0.05) is 11.3 Å². The van der Waals surface area contributed by atoms with Crippen molar-refractivity contribution in [1.29, 1.82) is 0 Å². The Kier molecular flexibility index (Phi) is 4.09. The number of hydrogen-bond acceptors (Lipinski definition) is 4. The first kappa shape index (κ1) is 13.5. The van der Waals surface area contributed by atoms with E-state index in [0.29, 0.717) is 11.3 Å². The molecule has 0 unspecified atom stereocenters. The molecule has 0 atom stereocenters. The Balaban J connectivity index is 2.86. The highest BCUT2D eigenvalue weighted by molar-refractivity contribution is 5.95. The number of nitrogens with one attached hydrogen (secondary N) is 1. The van der Waals surface area contributed by atoms with Crippen LogP contribution in [0.25, 0.3) is 0 Å². The highest BCUT2D eigenvalue weighted by Crippen LogP contribution is 2.13. The summed E-state index contributed by atoms with van der Waals surface area (Å²) in [4.78, 5) is 11.9. The fourth-order valence-electron chi connectivity index (χ4n) is 1.29. The van der Waals surface area contributed by atoms with Crippen LogP contribution in [0.15, 0.2) is 18.2 Å². The van der Waals surface area contributed by atoms with Crippen LogP contribution in [0.5, 0.6) is 0 Å². The smallest absolute Gasteiger partial charge is 0.251 e. The van der Waals surface area contributed by atoms with Crippen LogP contribution in [0, 0.1) is 6.92 Å². The molecule has 0 aromatic heterocycles. The van der Waals surface area contributed by atoms with Crippen LogP contribution >= 0.6 is 0 Å². The van der Waals surface area contributed by atoms with E-state index in [1.54, 1.807) is 25.1 Å². The largest absolute Gasteiger partial charge is 0.399 e. The van der Waals surface area contributed by atoms with Crippen molar-refractivity contribution in [3.63, 3.8) is 0 Å². The zero-order chi connectivity index (χ0) is 13.1. The Morgan fingerprint density at radius 1 is 1.41 bits per heavy atom. The molecule has 0 saturated heterocycles. The highest BCUT2D eigenvalue weighted by atomic mass is 16.3. The molecule has 1 aromatic rings. The molecule has 1 aromatic carbocycles. The molecule has 0 aliphatic rings. The average Bonchev–Trinajstić information content (AvgIpc) is 2.32. The van der Waals surface area contributed by atoms with Gasteiger partial charge in [-0.05, 0) is 37.6 Å². The predicted octanol–water partition coefficient (Wildman–Crippen LogP) is 0.0503. The van der Waals surface area contributed by atoms with Gasteiger partial charge in [0.05, 0.1) is 18.8 Å². The molecule has 0 fully saturated rings. The Morgan fingerprint density at radius 3 is 2.47 bits per heavy atom. The van der Waals surface area contributed by atoms with Crippen molar-refractivity contribution in [2.24, 2.45) is 0 Å². The first-order valence-electron chi connectivity index (χ1n) is 5.32. The van der Waals surface area contributed by atoms with Crippen LogP contribution in [-0.4, -0.2) is 34.9 Å². The van der Waals surface area contributed by atoms with Crippen LogP contribution in [-0.2, 0) is 0 Å². The Hall–Kier alpha value is -1.59. The van der Waals surface area contributed by atoms with Crippen LogP contribution in [0.2, 0.25) is 0 Å². The molecule has 0 saturated carbocycles. The standard InChI is InChI=1S/C12H18N2O3/c1-8-5-9(3-4-10(8)13)11(17)14-12(2,6-15)7-16/h3-5,15-16H,6-7,13H2,1-2H3,(H,14,17). The van der Waals surface area contributed by atoms with E-state index in [2.05, 4.69) is 5.32 Å². The number of aliphatic hydroxyl groups is 2. The molecular weight excluding hydrogens is 220 g/mol. The minimum absolute atomic E-state index is 0.330. The average molecular weight is 238 g/mol. The molecule has 0 radical (unpaired) electrons. The van der Waals surface area contributed by atoms with E-state index in [1.807, 2.05) is 6.92 Å². The van der Waals surface area contributed by atoms with Crippen molar-refractivity contribution < 1.29 is 15.0 Å². The molecule has 17 heavy (non-hydrogen) atoms. The second-order valence-electron chi connectivity index (χ2n) is 4.40. The van der Waals surface area contributed by atoms with Gasteiger partial charge in [0.25, 0.3) is 5.91 Å². The van der Waals surface area contributed by atoms with Gasteiger partial charge in [-0.3, -0.25) is 4.79 Å². The first-order valence-corrected chi connectivity index (χ1v) is 5.32. The van der Waals surface area contributed by atoms with E-state index in [0.717, 1.165) is 5.56 Å². The SMILES string of the molecule is Cc1cc(C(=O)NC(C)(CO)CO)ccc1N. The maximum atomic E-state index is 11.9. The van der Waals surface area contributed by atoms with Crippen LogP contribution in [0.4, 0.5) is 5.69 Å². The third kappa shape index (κ3) is 3.18. The lowest BCUT2D eigenvalue weighted by atomic mass is 10.0. The van der Waals surface area contributed by atoms with Crippen molar-refractivity contribution in [3.05, 3.63) is 29.3 Å². The van der Waals surface area contributed by atoms with Gasteiger partial charge in [-0.2, -0.15) is 0 Å². The van der Waals surface area contributed by atoms with Gasteiger partial charge in [-0.25, -0.2) is 0 Å². The van der Waals surface area contributed by atoms with E-state index in [1.165, 1.54) is 0 Å². The van der Waals surface area contributed by atoms with E-state index >= 15 is 0 Å². The lowest BCUT2D eigenvalue weighted by molar-refractivity contribution is 0.0724. The summed E-state index contributed by atoms with van der Waals surface area (Å²) >= 11 is 0. The minimum Gasteiger partial charge on any atom is -0.399 e. The van der Waals surface area contributed by atoms with Gasteiger partial charge in [0.15, 0.2) is 0 Å².